The van der Waals surface area contributed by atoms with Gasteiger partial charge in [-0.25, -0.2) is 4.98 Å². The normalized spacial score (nSPS) is 11.0. The lowest BCUT2D eigenvalue weighted by atomic mass is 10.2. The minimum atomic E-state index is -0.0498. The Kier molecular flexibility index (Phi) is 3.94. The third kappa shape index (κ3) is 2.74. The van der Waals surface area contributed by atoms with Crippen LogP contribution in [0.1, 0.15) is 11.3 Å². The maximum Gasteiger partial charge on any atom is 0.278 e. The molecule has 0 unspecified atom stereocenters. The summed E-state index contributed by atoms with van der Waals surface area (Å²) in [5, 5.41) is 0.708. The highest BCUT2D eigenvalue weighted by atomic mass is 32.2. The standard InChI is InChI=1S/C16H17N3O2S/c1-10-7-13-14(17-10)15(20)19(2)16(18-13)22-9-11-5-4-6-12(8-11)21-3/h4-8,17H,9H2,1-3H3. The number of thioether (sulfide) groups is 1. The molecule has 0 amide bonds. The molecule has 1 aromatic carbocycles. The summed E-state index contributed by atoms with van der Waals surface area (Å²) < 4.78 is 6.81. The zero-order valence-corrected chi connectivity index (χ0v) is 13.5. The summed E-state index contributed by atoms with van der Waals surface area (Å²) in [5.41, 5.74) is 3.30. The molecule has 114 valence electrons. The number of fused-ring (bicyclic) bond motifs is 1. The molecule has 0 atom stereocenters. The van der Waals surface area contributed by atoms with Gasteiger partial charge in [-0.1, -0.05) is 23.9 Å². The van der Waals surface area contributed by atoms with Crippen molar-refractivity contribution < 1.29 is 4.74 Å². The van der Waals surface area contributed by atoms with Gasteiger partial charge >= 0.3 is 0 Å². The van der Waals surface area contributed by atoms with E-state index in [0.717, 1.165) is 22.8 Å². The van der Waals surface area contributed by atoms with Gasteiger partial charge in [-0.3, -0.25) is 9.36 Å². The van der Waals surface area contributed by atoms with Crippen molar-refractivity contribution in [2.45, 2.75) is 17.8 Å². The maximum absolute atomic E-state index is 12.3. The van der Waals surface area contributed by atoms with Gasteiger partial charge in [-0.05, 0) is 30.7 Å². The summed E-state index contributed by atoms with van der Waals surface area (Å²) in [5.74, 6) is 1.56. The van der Waals surface area contributed by atoms with Crippen molar-refractivity contribution in [1.29, 1.82) is 0 Å². The lowest BCUT2D eigenvalue weighted by molar-refractivity contribution is 0.414. The average Bonchev–Trinajstić information content (AvgIpc) is 2.90. The number of aromatic amines is 1. The molecule has 0 aliphatic heterocycles. The van der Waals surface area contributed by atoms with E-state index in [1.165, 1.54) is 0 Å². The van der Waals surface area contributed by atoms with E-state index >= 15 is 0 Å². The van der Waals surface area contributed by atoms with Crippen LogP contribution in [0.3, 0.4) is 0 Å². The van der Waals surface area contributed by atoms with Crippen LogP contribution in [0.25, 0.3) is 11.0 Å². The molecular formula is C16H17N3O2S. The Hall–Kier alpha value is -2.21. The molecule has 0 saturated carbocycles. The molecule has 0 bridgehead atoms. The first-order valence-corrected chi connectivity index (χ1v) is 7.89. The molecule has 0 spiro atoms. The molecule has 3 rings (SSSR count). The molecule has 22 heavy (non-hydrogen) atoms. The van der Waals surface area contributed by atoms with Crippen molar-refractivity contribution in [2.75, 3.05) is 7.11 Å². The van der Waals surface area contributed by atoms with Crippen LogP contribution in [0, 0.1) is 6.92 Å². The second kappa shape index (κ2) is 5.88. The van der Waals surface area contributed by atoms with Crippen molar-refractivity contribution in [3.8, 4) is 5.75 Å². The summed E-state index contributed by atoms with van der Waals surface area (Å²) in [6.07, 6.45) is 0. The molecule has 1 N–H and O–H groups in total. The van der Waals surface area contributed by atoms with Gasteiger partial charge in [0.05, 0.1) is 12.6 Å². The van der Waals surface area contributed by atoms with E-state index < -0.39 is 0 Å². The zero-order valence-electron chi connectivity index (χ0n) is 12.7. The monoisotopic (exact) mass is 315 g/mol. The highest BCUT2D eigenvalue weighted by molar-refractivity contribution is 7.98. The van der Waals surface area contributed by atoms with Crippen molar-refractivity contribution in [1.82, 2.24) is 14.5 Å². The van der Waals surface area contributed by atoms with Gasteiger partial charge in [0, 0.05) is 18.5 Å². The van der Waals surface area contributed by atoms with Gasteiger partial charge in [-0.2, -0.15) is 0 Å². The van der Waals surface area contributed by atoms with Crippen LogP contribution in [0.5, 0.6) is 5.75 Å². The zero-order chi connectivity index (χ0) is 15.7. The predicted octanol–water partition coefficient (Wildman–Crippen LogP) is 2.87. The van der Waals surface area contributed by atoms with Crippen LogP contribution in [0.4, 0.5) is 0 Å². The van der Waals surface area contributed by atoms with E-state index in [9.17, 15) is 4.79 Å². The number of benzene rings is 1. The molecule has 0 aliphatic rings. The smallest absolute Gasteiger partial charge is 0.278 e. The summed E-state index contributed by atoms with van der Waals surface area (Å²) in [6.45, 7) is 1.92. The Bertz CT molecular complexity index is 883. The van der Waals surface area contributed by atoms with Crippen LogP contribution in [0.2, 0.25) is 0 Å². The predicted molar refractivity (Wildman–Crippen MR) is 88.6 cm³/mol. The second-order valence-corrected chi connectivity index (χ2v) is 6.05. The Balaban J connectivity index is 1.90. The fourth-order valence-electron chi connectivity index (χ4n) is 2.30. The Morgan fingerprint density at radius 1 is 1.36 bits per heavy atom. The number of ether oxygens (including phenoxy) is 1. The van der Waals surface area contributed by atoms with E-state index in [1.54, 1.807) is 30.5 Å². The maximum atomic E-state index is 12.3. The molecule has 0 aliphatic carbocycles. The first-order chi connectivity index (χ1) is 10.6. The molecule has 2 heterocycles. The molecule has 5 nitrogen and oxygen atoms in total. The van der Waals surface area contributed by atoms with E-state index in [0.29, 0.717) is 16.2 Å². The Morgan fingerprint density at radius 3 is 2.95 bits per heavy atom. The first-order valence-electron chi connectivity index (χ1n) is 6.90. The van der Waals surface area contributed by atoms with Crippen LogP contribution in [-0.2, 0) is 12.8 Å². The molecule has 0 radical (unpaired) electrons. The number of nitrogens with one attached hydrogen (secondary N) is 1. The van der Waals surface area contributed by atoms with Crippen LogP contribution in [0.15, 0.2) is 40.3 Å². The number of hydrogen-bond acceptors (Lipinski definition) is 4. The minimum Gasteiger partial charge on any atom is -0.497 e. The first kappa shape index (κ1) is 14.7. The molecule has 2 aromatic heterocycles. The number of methoxy groups -OCH3 is 1. The van der Waals surface area contributed by atoms with Crippen molar-refractivity contribution in [2.24, 2.45) is 7.05 Å². The van der Waals surface area contributed by atoms with Gasteiger partial charge in [0.2, 0.25) is 0 Å². The highest BCUT2D eigenvalue weighted by Crippen LogP contribution is 2.23. The summed E-state index contributed by atoms with van der Waals surface area (Å²) in [4.78, 5) is 20.0. The van der Waals surface area contributed by atoms with Crippen LogP contribution >= 0.6 is 11.8 Å². The lowest BCUT2D eigenvalue weighted by Gasteiger charge is -2.08. The average molecular weight is 315 g/mol. The summed E-state index contributed by atoms with van der Waals surface area (Å²) >= 11 is 1.54. The van der Waals surface area contributed by atoms with E-state index in [-0.39, 0.29) is 5.56 Å². The Labute approximate surface area is 132 Å². The summed E-state index contributed by atoms with van der Waals surface area (Å²) in [7, 11) is 3.40. The van der Waals surface area contributed by atoms with Gasteiger partial charge in [0.15, 0.2) is 5.16 Å². The van der Waals surface area contributed by atoms with Crippen molar-refractivity contribution in [3.63, 3.8) is 0 Å². The molecule has 0 fully saturated rings. The number of aromatic nitrogens is 3. The van der Waals surface area contributed by atoms with Crippen LogP contribution in [-0.4, -0.2) is 21.6 Å². The third-order valence-electron chi connectivity index (χ3n) is 3.46. The van der Waals surface area contributed by atoms with Crippen LogP contribution < -0.4 is 10.3 Å². The number of rotatable bonds is 4. The largest absolute Gasteiger partial charge is 0.497 e. The quantitative estimate of drug-likeness (QED) is 0.594. The summed E-state index contributed by atoms with van der Waals surface area (Å²) in [6, 6.07) is 9.79. The topological polar surface area (TPSA) is 59.9 Å². The number of nitrogens with zero attached hydrogens (tertiary/aromatic N) is 2. The second-order valence-electron chi connectivity index (χ2n) is 5.11. The Morgan fingerprint density at radius 2 is 2.18 bits per heavy atom. The molecule has 3 aromatic rings. The fourth-order valence-corrected chi connectivity index (χ4v) is 3.21. The number of H-pyrrole nitrogens is 1. The van der Waals surface area contributed by atoms with Gasteiger partial charge in [0.1, 0.15) is 11.3 Å². The molecular weight excluding hydrogens is 298 g/mol. The third-order valence-corrected chi connectivity index (χ3v) is 4.56. The fraction of sp³-hybridized carbons (Fsp3) is 0.250. The van der Waals surface area contributed by atoms with E-state index in [2.05, 4.69) is 9.97 Å². The SMILES string of the molecule is COc1cccc(CSc2nc3cc(C)[nH]c3c(=O)n2C)c1. The van der Waals surface area contributed by atoms with E-state index in [4.69, 9.17) is 4.74 Å². The van der Waals surface area contributed by atoms with E-state index in [1.807, 2.05) is 37.3 Å². The van der Waals surface area contributed by atoms with Crippen molar-refractivity contribution >= 4 is 22.8 Å². The number of hydrogen-bond donors (Lipinski definition) is 1. The molecule has 0 saturated heterocycles. The minimum absolute atomic E-state index is 0.0498. The van der Waals surface area contributed by atoms with Gasteiger partial charge < -0.3 is 9.72 Å². The lowest BCUT2D eigenvalue weighted by Crippen LogP contribution is -2.19. The number of aryl methyl sites for hydroxylation is 1. The van der Waals surface area contributed by atoms with Gasteiger partial charge in [0.25, 0.3) is 5.56 Å². The van der Waals surface area contributed by atoms with Crippen molar-refractivity contribution in [3.05, 3.63) is 51.9 Å². The highest BCUT2D eigenvalue weighted by Gasteiger charge is 2.11. The molecule has 6 heteroatoms. The van der Waals surface area contributed by atoms with Gasteiger partial charge in [-0.15, -0.1) is 0 Å².